The molecule has 0 bridgehead atoms. The van der Waals surface area contributed by atoms with E-state index in [0.29, 0.717) is 17.8 Å². The summed E-state index contributed by atoms with van der Waals surface area (Å²) in [6.07, 6.45) is 5.28. The zero-order chi connectivity index (χ0) is 24.1. The van der Waals surface area contributed by atoms with Crippen molar-refractivity contribution < 1.29 is 18.0 Å². The Kier molecular flexibility index (Phi) is 7.09. The average Bonchev–Trinajstić information content (AvgIpc) is 3.25. The first kappa shape index (κ1) is 23.7. The van der Waals surface area contributed by atoms with Gasteiger partial charge in [0.2, 0.25) is 15.9 Å². The van der Waals surface area contributed by atoms with Crippen LogP contribution in [-0.2, 0) is 40.9 Å². The molecule has 0 atom stereocenters. The zero-order valence-electron chi connectivity index (χ0n) is 18.9. The number of anilines is 1. The molecule has 1 aromatic heterocycles. The van der Waals surface area contributed by atoms with Crippen LogP contribution in [0.15, 0.2) is 59.6 Å². The Bertz CT molecular complexity index is 1260. The fourth-order valence-electron chi connectivity index (χ4n) is 3.79. The van der Waals surface area contributed by atoms with Crippen molar-refractivity contribution >= 4 is 27.5 Å². The van der Waals surface area contributed by atoms with Gasteiger partial charge in [0.15, 0.2) is 0 Å². The van der Waals surface area contributed by atoms with Gasteiger partial charge >= 0.3 is 0 Å². The second kappa shape index (κ2) is 10.2. The van der Waals surface area contributed by atoms with Crippen molar-refractivity contribution in [3.63, 3.8) is 0 Å². The molecule has 3 aromatic rings. The quantitative estimate of drug-likeness (QED) is 0.457. The van der Waals surface area contributed by atoms with E-state index in [1.165, 1.54) is 31.2 Å². The van der Waals surface area contributed by atoms with Crippen molar-refractivity contribution in [1.29, 1.82) is 0 Å². The predicted octanol–water partition coefficient (Wildman–Crippen LogP) is 2.59. The minimum atomic E-state index is -3.72. The third-order valence-corrected chi connectivity index (χ3v) is 6.97. The number of nitrogens with one attached hydrogen (secondary N) is 3. The molecule has 1 aliphatic rings. The number of carbonyl (C=O) groups excluding carboxylic acids is 2. The summed E-state index contributed by atoms with van der Waals surface area (Å²) in [5.74, 6) is 0.634. The molecule has 10 heteroatoms. The molecule has 2 heterocycles. The van der Waals surface area contributed by atoms with E-state index in [0.717, 1.165) is 42.9 Å². The number of aromatic nitrogens is 2. The van der Waals surface area contributed by atoms with Crippen LogP contribution in [0.3, 0.4) is 0 Å². The molecule has 4 rings (SSSR count). The van der Waals surface area contributed by atoms with Crippen LogP contribution in [0, 0.1) is 0 Å². The molecule has 2 amide bonds. The van der Waals surface area contributed by atoms with Crippen LogP contribution in [0.4, 0.5) is 5.69 Å². The molecule has 34 heavy (non-hydrogen) atoms. The lowest BCUT2D eigenvalue weighted by Crippen LogP contribution is -2.24. The van der Waals surface area contributed by atoms with Gasteiger partial charge in [0.25, 0.3) is 5.91 Å². The second-order valence-corrected chi connectivity index (χ2v) is 9.98. The number of benzene rings is 2. The molecule has 1 aliphatic heterocycles. The number of hydrogen-bond donors (Lipinski definition) is 3. The van der Waals surface area contributed by atoms with Gasteiger partial charge < -0.3 is 15.2 Å². The van der Waals surface area contributed by atoms with Gasteiger partial charge in [-0.15, -0.1) is 0 Å². The fourth-order valence-corrected chi connectivity index (χ4v) is 4.80. The summed E-state index contributed by atoms with van der Waals surface area (Å²) in [6, 6.07) is 12.7. The van der Waals surface area contributed by atoms with E-state index < -0.39 is 10.0 Å². The number of fused-ring (bicyclic) bond motifs is 1. The van der Waals surface area contributed by atoms with Crippen molar-refractivity contribution in [1.82, 2.24) is 19.6 Å². The fraction of sp³-hybridized carbons (Fsp3) is 0.292. The van der Waals surface area contributed by atoms with Gasteiger partial charge in [-0.05, 0) is 54.8 Å². The number of imidazole rings is 1. The standard InChI is InChI=1S/C24H27N5O4S/c1-17(30)27-20-9-11-22(12-10-20)34(32,33)26-14-18-5-7-19(8-6-18)24(31)25-15-21-16-29-13-3-2-4-23(29)28-21/h5-12,16,26H,2-4,13-15H2,1H3,(H,25,31)(H,27,30). The maximum absolute atomic E-state index is 12.5. The molecular weight excluding hydrogens is 454 g/mol. The summed E-state index contributed by atoms with van der Waals surface area (Å²) in [6.45, 7) is 2.80. The third kappa shape index (κ3) is 5.89. The Hall–Kier alpha value is -3.50. The SMILES string of the molecule is CC(=O)Nc1ccc(S(=O)(=O)NCc2ccc(C(=O)NCc3cn4c(n3)CCCC4)cc2)cc1. The van der Waals surface area contributed by atoms with Crippen LogP contribution in [0.2, 0.25) is 0 Å². The van der Waals surface area contributed by atoms with Gasteiger partial charge in [0.05, 0.1) is 17.1 Å². The zero-order valence-corrected chi connectivity index (χ0v) is 19.7. The number of hydrogen-bond acceptors (Lipinski definition) is 5. The molecule has 0 saturated heterocycles. The number of rotatable bonds is 8. The lowest BCUT2D eigenvalue weighted by molar-refractivity contribution is -0.114. The highest BCUT2D eigenvalue weighted by atomic mass is 32.2. The molecule has 9 nitrogen and oxygen atoms in total. The first-order valence-electron chi connectivity index (χ1n) is 11.1. The third-order valence-electron chi connectivity index (χ3n) is 5.56. The lowest BCUT2D eigenvalue weighted by atomic mass is 10.1. The normalized spacial score (nSPS) is 13.2. The van der Waals surface area contributed by atoms with Gasteiger partial charge in [-0.2, -0.15) is 0 Å². The number of amides is 2. The van der Waals surface area contributed by atoms with Crippen molar-refractivity contribution in [2.24, 2.45) is 0 Å². The molecule has 0 aliphatic carbocycles. The number of nitrogens with zero attached hydrogens (tertiary/aromatic N) is 2. The molecule has 2 aromatic carbocycles. The van der Waals surface area contributed by atoms with Crippen LogP contribution in [-0.4, -0.2) is 29.8 Å². The van der Waals surface area contributed by atoms with Crippen molar-refractivity contribution in [3.8, 4) is 0 Å². The molecule has 178 valence electrons. The summed E-state index contributed by atoms with van der Waals surface area (Å²) in [7, 11) is -3.72. The number of aryl methyl sites for hydroxylation is 2. The first-order chi connectivity index (χ1) is 16.3. The monoisotopic (exact) mass is 481 g/mol. The van der Waals surface area contributed by atoms with E-state index in [-0.39, 0.29) is 23.3 Å². The molecule has 3 N–H and O–H groups in total. The summed E-state index contributed by atoms with van der Waals surface area (Å²) in [5, 5.41) is 5.48. The topological polar surface area (TPSA) is 122 Å². The number of sulfonamides is 1. The van der Waals surface area contributed by atoms with Crippen molar-refractivity contribution in [2.75, 3.05) is 5.32 Å². The van der Waals surface area contributed by atoms with Gasteiger partial charge in [-0.3, -0.25) is 9.59 Å². The van der Waals surface area contributed by atoms with E-state index in [4.69, 9.17) is 0 Å². The predicted molar refractivity (Wildman–Crippen MR) is 128 cm³/mol. The van der Waals surface area contributed by atoms with Gasteiger partial charge in [0.1, 0.15) is 5.82 Å². The molecule has 0 unspecified atom stereocenters. The Morgan fingerprint density at radius 3 is 2.41 bits per heavy atom. The van der Waals surface area contributed by atoms with E-state index >= 15 is 0 Å². The van der Waals surface area contributed by atoms with Crippen LogP contribution in [0.25, 0.3) is 0 Å². The molecule has 0 radical (unpaired) electrons. The largest absolute Gasteiger partial charge is 0.346 e. The van der Waals surface area contributed by atoms with Crippen LogP contribution in [0.1, 0.15) is 47.2 Å². The van der Waals surface area contributed by atoms with E-state index in [1.807, 2.05) is 6.20 Å². The Labute approximate surface area is 198 Å². The van der Waals surface area contributed by atoms with E-state index in [2.05, 4.69) is 24.9 Å². The van der Waals surface area contributed by atoms with Crippen LogP contribution >= 0.6 is 0 Å². The molecule has 0 saturated carbocycles. The van der Waals surface area contributed by atoms with E-state index in [1.54, 1.807) is 24.3 Å². The first-order valence-corrected chi connectivity index (χ1v) is 12.6. The highest BCUT2D eigenvalue weighted by molar-refractivity contribution is 7.89. The maximum atomic E-state index is 12.5. The highest BCUT2D eigenvalue weighted by Gasteiger charge is 2.15. The van der Waals surface area contributed by atoms with Crippen molar-refractivity contribution in [3.05, 3.63) is 77.4 Å². The van der Waals surface area contributed by atoms with Gasteiger partial charge in [0, 0.05) is 43.9 Å². The second-order valence-electron chi connectivity index (χ2n) is 8.21. The van der Waals surface area contributed by atoms with Crippen molar-refractivity contribution in [2.45, 2.75) is 50.7 Å². The summed E-state index contributed by atoms with van der Waals surface area (Å²) >= 11 is 0. The highest BCUT2D eigenvalue weighted by Crippen LogP contribution is 2.16. The smallest absolute Gasteiger partial charge is 0.251 e. The number of carbonyl (C=O) groups is 2. The summed E-state index contributed by atoms with van der Waals surface area (Å²) in [5.41, 5.74) is 2.58. The van der Waals surface area contributed by atoms with Crippen LogP contribution in [0.5, 0.6) is 0 Å². The Balaban J connectivity index is 1.30. The Morgan fingerprint density at radius 1 is 1.00 bits per heavy atom. The molecular formula is C24H27N5O4S. The van der Waals surface area contributed by atoms with E-state index in [9.17, 15) is 18.0 Å². The van der Waals surface area contributed by atoms with Crippen LogP contribution < -0.4 is 15.4 Å². The lowest BCUT2D eigenvalue weighted by Gasteiger charge is -2.11. The summed E-state index contributed by atoms with van der Waals surface area (Å²) < 4.78 is 29.8. The maximum Gasteiger partial charge on any atom is 0.251 e. The molecule has 0 spiro atoms. The molecule has 0 fully saturated rings. The minimum absolute atomic E-state index is 0.0812. The summed E-state index contributed by atoms with van der Waals surface area (Å²) in [4.78, 5) is 28.3. The van der Waals surface area contributed by atoms with Gasteiger partial charge in [-0.25, -0.2) is 18.1 Å². The van der Waals surface area contributed by atoms with Gasteiger partial charge in [-0.1, -0.05) is 12.1 Å². The average molecular weight is 482 g/mol. The minimum Gasteiger partial charge on any atom is -0.346 e. The Morgan fingerprint density at radius 2 is 1.74 bits per heavy atom.